The topological polar surface area (TPSA) is 58.6 Å². The number of nitrogens with one attached hydrogen (secondary N) is 1. The van der Waals surface area contributed by atoms with E-state index in [4.69, 9.17) is 16.3 Å². The van der Waals surface area contributed by atoms with Crippen LogP contribution in [-0.4, -0.2) is 41.9 Å². The average molecular weight is 431 g/mol. The number of halogens is 1. The quantitative estimate of drug-likeness (QED) is 0.571. The van der Waals surface area contributed by atoms with Gasteiger partial charge in [0.2, 0.25) is 5.91 Å². The molecule has 2 amide bonds. The molecule has 1 N–H and O–H groups in total. The van der Waals surface area contributed by atoms with Crippen LogP contribution in [0.15, 0.2) is 54.6 Å². The Morgan fingerprint density at radius 1 is 1.03 bits per heavy atom. The third kappa shape index (κ3) is 7.38. The highest BCUT2D eigenvalue weighted by atomic mass is 35.5. The second-order valence-electron chi connectivity index (χ2n) is 7.31. The van der Waals surface area contributed by atoms with Gasteiger partial charge in [0.25, 0.3) is 5.91 Å². The lowest BCUT2D eigenvalue weighted by atomic mass is 10.1. The van der Waals surface area contributed by atoms with Crippen molar-refractivity contribution in [2.45, 2.75) is 52.1 Å². The van der Waals surface area contributed by atoms with Crippen molar-refractivity contribution in [2.75, 3.05) is 13.2 Å². The summed E-state index contributed by atoms with van der Waals surface area (Å²) >= 11 is 5.90. The molecular formula is C24H31ClN2O3. The van der Waals surface area contributed by atoms with Crippen molar-refractivity contribution in [3.05, 3.63) is 65.2 Å². The van der Waals surface area contributed by atoms with Gasteiger partial charge in [-0.25, -0.2) is 0 Å². The number of rotatable bonds is 11. The highest BCUT2D eigenvalue weighted by molar-refractivity contribution is 6.30. The maximum absolute atomic E-state index is 13.1. The zero-order valence-corrected chi connectivity index (χ0v) is 18.7. The molecule has 5 nitrogen and oxygen atoms in total. The van der Waals surface area contributed by atoms with Crippen LogP contribution in [0.4, 0.5) is 0 Å². The molecule has 0 aliphatic heterocycles. The molecule has 0 aliphatic rings. The second kappa shape index (κ2) is 12.2. The lowest BCUT2D eigenvalue weighted by Crippen LogP contribution is -2.52. The molecule has 0 heterocycles. The Bertz CT molecular complexity index is 796. The smallest absolute Gasteiger partial charge is 0.261 e. The van der Waals surface area contributed by atoms with E-state index >= 15 is 0 Å². The molecular weight excluding hydrogens is 400 g/mol. The molecule has 2 aromatic rings. The number of carbonyl (C=O) groups is 2. The van der Waals surface area contributed by atoms with E-state index in [1.165, 1.54) is 0 Å². The van der Waals surface area contributed by atoms with Gasteiger partial charge in [0.1, 0.15) is 11.8 Å². The van der Waals surface area contributed by atoms with E-state index in [1.807, 2.05) is 51.1 Å². The van der Waals surface area contributed by atoms with E-state index in [-0.39, 0.29) is 24.5 Å². The Hall–Kier alpha value is -2.53. The minimum absolute atomic E-state index is 0.0583. The van der Waals surface area contributed by atoms with Crippen LogP contribution in [0.25, 0.3) is 0 Å². The summed E-state index contributed by atoms with van der Waals surface area (Å²) in [7, 11) is 0. The lowest BCUT2D eigenvalue weighted by molar-refractivity contribution is -0.142. The standard InChI is InChI=1S/C24H31ClN2O3/c1-4-18(3)26-24(29)22(5-2)27(16-15-19-9-7-6-8-10-19)23(28)17-30-21-13-11-20(25)12-14-21/h6-14,18,22H,4-5,15-17H2,1-3H3,(H,26,29)/t18-,22+/m1/s1. The van der Waals surface area contributed by atoms with Crippen LogP contribution in [0.1, 0.15) is 39.2 Å². The predicted octanol–water partition coefficient (Wildman–Crippen LogP) is 4.48. The van der Waals surface area contributed by atoms with E-state index < -0.39 is 6.04 Å². The number of hydrogen-bond acceptors (Lipinski definition) is 3. The Morgan fingerprint density at radius 2 is 1.70 bits per heavy atom. The summed E-state index contributed by atoms with van der Waals surface area (Å²) in [5, 5.41) is 3.61. The summed E-state index contributed by atoms with van der Waals surface area (Å²) in [6, 6.07) is 16.3. The van der Waals surface area contributed by atoms with Crippen molar-refractivity contribution >= 4 is 23.4 Å². The first-order valence-corrected chi connectivity index (χ1v) is 10.8. The zero-order chi connectivity index (χ0) is 21.9. The van der Waals surface area contributed by atoms with Crippen LogP contribution in [0.2, 0.25) is 5.02 Å². The van der Waals surface area contributed by atoms with Gasteiger partial charge in [0.15, 0.2) is 6.61 Å². The molecule has 2 aromatic carbocycles. The third-order valence-electron chi connectivity index (χ3n) is 5.05. The number of hydrogen-bond donors (Lipinski definition) is 1. The SMILES string of the molecule is CC[C@@H](C)NC(=O)[C@H](CC)N(CCc1ccccc1)C(=O)COc1ccc(Cl)cc1. The van der Waals surface area contributed by atoms with Crippen molar-refractivity contribution in [3.63, 3.8) is 0 Å². The number of carbonyl (C=O) groups excluding carboxylic acids is 2. The molecule has 2 atom stereocenters. The largest absolute Gasteiger partial charge is 0.484 e. The number of nitrogens with zero attached hydrogens (tertiary/aromatic N) is 1. The first-order chi connectivity index (χ1) is 14.4. The molecule has 0 unspecified atom stereocenters. The number of ether oxygens (including phenoxy) is 1. The first kappa shape index (κ1) is 23.7. The Morgan fingerprint density at radius 3 is 2.30 bits per heavy atom. The molecule has 2 rings (SSSR count). The maximum atomic E-state index is 13.1. The Balaban J connectivity index is 2.11. The first-order valence-electron chi connectivity index (χ1n) is 10.5. The van der Waals surface area contributed by atoms with Gasteiger partial charge in [-0.15, -0.1) is 0 Å². The molecule has 0 bridgehead atoms. The Kier molecular flexibility index (Phi) is 9.68. The lowest BCUT2D eigenvalue weighted by Gasteiger charge is -2.31. The third-order valence-corrected chi connectivity index (χ3v) is 5.30. The van der Waals surface area contributed by atoms with Gasteiger partial charge in [0, 0.05) is 17.6 Å². The van der Waals surface area contributed by atoms with Gasteiger partial charge in [-0.1, -0.05) is 55.8 Å². The van der Waals surface area contributed by atoms with Gasteiger partial charge in [0.05, 0.1) is 0 Å². The summed E-state index contributed by atoms with van der Waals surface area (Å²) in [6.45, 7) is 6.21. The zero-order valence-electron chi connectivity index (χ0n) is 17.9. The van der Waals surface area contributed by atoms with Gasteiger partial charge in [-0.3, -0.25) is 9.59 Å². The molecule has 0 aromatic heterocycles. The van der Waals surface area contributed by atoms with Crippen LogP contribution in [0.5, 0.6) is 5.75 Å². The minimum Gasteiger partial charge on any atom is -0.484 e. The molecule has 6 heteroatoms. The fraction of sp³-hybridized carbons (Fsp3) is 0.417. The number of benzene rings is 2. The van der Waals surface area contributed by atoms with Crippen LogP contribution in [-0.2, 0) is 16.0 Å². The van der Waals surface area contributed by atoms with E-state index in [0.29, 0.717) is 30.2 Å². The van der Waals surface area contributed by atoms with Crippen LogP contribution < -0.4 is 10.1 Å². The second-order valence-corrected chi connectivity index (χ2v) is 7.74. The fourth-order valence-corrected chi connectivity index (χ4v) is 3.22. The number of amides is 2. The highest BCUT2D eigenvalue weighted by Crippen LogP contribution is 2.16. The molecule has 0 saturated carbocycles. The molecule has 0 fully saturated rings. The Labute approximate surface area is 184 Å². The van der Waals surface area contributed by atoms with Crippen LogP contribution in [0.3, 0.4) is 0 Å². The highest BCUT2D eigenvalue weighted by Gasteiger charge is 2.29. The van der Waals surface area contributed by atoms with Crippen LogP contribution >= 0.6 is 11.6 Å². The van der Waals surface area contributed by atoms with Crippen molar-refractivity contribution in [3.8, 4) is 5.75 Å². The van der Waals surface area contributed by atoms with Gasteiger partial charge < -0.3 is 15.0 Å². The molecule has 0 spiro atoms. The van der Waals surface area contributed by atoms with E-state index in [1.54, 1.807) is 29.2 Å². The summed E-state index contributed by atoms with van der Waals surface area (Å²) < 4.78 is 5.65. The minimum atomic E-state index is -0.538. The van der Waals surface area contributed by atoms with Gasteiger partial charge in [-0.2, -0.15) is 0 Å². The average Bonchev–Trinajstić information content (AvgIpc) is 2.76. The maximum Gasteiger partial charge on any atom is 0.261 e. The van der Waals surface area contributed by atoms with Crippen molar-refractivity contribution in [2.24, 2.45) is 0 Å². The van der Waals surface area contributed by atoms with Crippen molar-refractivity contribution < 1.29 is 14.3 Å². The van der Waals surface area contributed by atoms with Gasteiger partial charge in [-0.05, 0) is 56.0 Å². The molecule has 0 radical (unpaired) electrons. The van der Waals surface area contributed by atoms with Gasteiger partial charge >= 0.3 is 0 Å². The summed E-state index contributed by atoms with van der Waals surface area (Å²) in [4.78, 5) is 27.6. The van der Waals surface area contributed by atoms with E-state index in [2.05, 4.69) is 5.32 Å². The monoisotopic (exact) mass is 430 g/mol. The fourth-order valence-electron chi connectivity index (χ4n) is 3.10. The summed E-state index contributed by atoms with van der Waals surface area (Å²) in [5.74, 6) is 0.222. The molecule has 0 aliphatic carbocycles. The van der Waals surface area contributed by atoms with Crippen molar-refractivity contribution in [1.82, 2.24) is 10.2 Å². The summed E-state index contributed by atoms with van der Waals surface area (Å²) in [6.07, 6.45) is 2.03. The molecule has 162 valence electrons. The molecule has 0 saturated heterocycles. The normalized spacial score (nSPS) is 12.7. The summed E-state index contributed by atoms with van der Waals surface area (Å²) in [5.41, 5.74) is 1.12. The van der Waals surface area contributed by atoms with E-state index in [0.717, 1.165) is 12.0 Å². The van der Waals surface area contributed by atoms with Crippen molar-refractivity contribution in [1.29, 1.82) is 0 Å². The van der Waals surface area contributed by atoms with Crippen LogP contribution in [0, 0.1) is 0 Å². The predicted molar refractivity (Wildman–Crippen MR) is 121 cm³/mol. The molecule has 30 heavy (non-hydrogen) atoms. The van der Waals surface area contributed by atoms with E-state index in [9.17, 15) is 9.59 Å².